The normalized spacial score (nSPS) is 11.3. The van der Waals surface area contributed by atoms with Crippen LogP contribution in [0, 0.1) is 5.82 Å². The molecule has 0 spiro atoms. The van der Waals surface area contributed by atoms with Gasteiger partial charge in [-0.2, -0.15) is 0 Å². The van der Waals surface area contributed by atoms with Gasteiger partial charge in [-0.3, -0.25) is 4.79 Å². The molecule has 0 aliphatic carbocycles. The number of carbonyl (C=O) groups excluding carboxylic acids is 1. The van der Waals surface area contributed by atoms with Crippen LogP contribution in [0.1, 0.15) is 16.8 Å². The lowest BCUT2D eigenvalue weighted by Gasteiger charge is -2.06. The summed E-state index contributed by atoms with van der Waals surface area (Å²) in [5.74, 6) is -1.21. The van der Waals surface area contributed by atoms with Crippen LogP contribution in [-0.2, 0) is 10.0 Å². The Bertz CT molecular complexity index is 548. The van der Waals surface area contributed by atoms with Crippen molar-refractivity contribution < 1.29 is 17.6 Å². The van der Waals surface area contributed by atoms with Gasteiger partial charge in [0.15, 0.2) is 0 Å². The van der Waals surface area contributed by atoms with Gasteiger partial charge >= 0.3 is 0 Å². The highest BCUT2D eigenvalue weighted by Gasteiger charge is 2.11. The number of primary sulfonamides is 1. The van der Waals surface area contributed by atoms with Crippen molar-refractivity contribution in [1.82, 2.24) is 5.32 Å². The Morgan fingerprint density at radius 2 is 2.11 bits per heavy atom. The van der Waals surface area contributed by atoms with Gasteiger partial charge < -0.3 is 5.32 Å². The second-order valence-electron chi connectivity index (χ2n) is 3.60. The van der Waals surface area contributed by atoms with Crippen LogP contribution in [-0.4, -0.2) is 26.6 Å². The molecule has 1 aromatic rings. The lowest BCUT2D eigenvalue weighted by atomic mass is 10.2. The quantitative estimate of drug-likeness (QED) is 0.784. The van der Waals surface area contributed by atoms with Crippen LogP contribution in [0.3, 0.4) is 0 Å². The molecular formula is C10H12BrFN2O3S. The predicted molar refractivity (Wildman–Crippen MR) is 69.0 cm³/mol. The van der Waals surface area contributed by atoms with Crippen molar-refractivity contribution in [2.45, 2.75) is 6.42 Å². The molecule has 0 unspecified atom stereocenters. The van der Waals surface area contributed by atoms with Crippen molar-refractivity contribution >= 4 is 31.9 Å². The second-order valence-corrected chi connectivity index (χ2v) is 6.19. The third-order valence-corrected chi connectivity index (χ3v) is 3.61. The van der Waals surface area contributed by atoms with Gasteiger partial charge in [-0.15, -0.1) is 0 Å². The first-order valence-corrected chi connectivity index (χ1v) is 7.54. The van der Waals surface area contributed by atoms with Gasteiger partial charge in [0.1, 0.15) is 5.82 Å². The van der Waals surface area contributed by atoms with Crippen molar-refractivity contribution in [3.63, 3.8) is 0 Å². The van der Waals surface area contributed by atoms with Crippen LogP contribution < -0.4 is 10.5 Å². The zero-order chi connectivity index (χ0) is 13.8. The average molecular weight is 339 g/mol. The lowest BCUT2D eigenvalue weighted by molar-refractivity contribution is 0.0952. The molecule has 1 amide bonds. The number of rotatable bonds is 5. The van der Waals surface area contributed by atoms with Crippen LogP contribution in [0.25, 0.3) is 0 Å². The van der Waals surface area contributed by atoms with E-state index in [-0.39, 0.29) is 24.3 Å². The number of hydrogen-bond donors (Lipinski definition) is 2. The molecule has 3 N–H and O–H groups in total. The molecule has 18 heavy (non-hydrogen) atoms. The minimum Gasteiger partial charge on any atom is -0.352 e. The summed E-state index contributed by atoms with van der Waals surface area (Å²) in [5.41, 5.74) is 0.158. The van der Waals surface area contributed by atoms with E-state index in [1.165, 1.54) is 12.1 Å². The lowest BCUT2D eigenvalue weighted by Crippen LogP contribution is -2.27. The van der Waals surface area contributed by atoms with E-state index in [4.69, 9.17) is 5.14 Å². The second kappa shape index (κ2) is 6.26. The fourth-order valence-corrected chi connectivity index (χ4v) is 2.22. The number of benzene rings is 1. The van der Waals surface area contributed by atoms with Crippen LogP contribution in [0.15, 0.2) is 22.7 Å². The van der Waals surface area contributed by atoms with Gasteiger partial charge in [-0.05, 0) is 40.5 Å². The van der Waals surface area contributed by atoms with E-state index in [1.54, 1.807) is 0 Å². The van der Waals surface area contributed by atoms with Crippen LogP contribution in [0.4, 0.5) is 4.39 Å². The fourth-order valence-electron chi connectivity index (χ4n) is 1.24. The van der Waals surface area contributed by atoms with E-state index in [1.807, 2.05) is 0 Å². The Hall–Kier alpha value is -0.990. The van der Waals surface area contributed by atoms with Gasteiger partial charge in [-0.1, -0.05) is 0 Å². The predicted octanol–water partition coefficient (Wildman–Crippen LogP) is 0.997. The Balaban J connectivity index is 2.53. The first-order chi connectivity index (χ1) is 8.29. The van der Waals surface area contributed by atoms with Gasteiger partial charge in [-0.25, -0.2) is 17.9 Å². The summed E-state index contributed by atoms with van der Waals surface area (Å²) in [4.78, 5) is 11.7. The molecule has 1 aromatic carbocycles. The van der Waals surface area contributed by atoms with Crippen LogP contribution in [0.5, 0.6) is 0 Å². The number of nitrogens with one attached hydrogen (secondary N) is 1. The zero-order valence-electron chi connectivity index (χ0n) is 9.32. The molecule has 1 rings (SSSR count). The molecule has 0 bridgehead atoms. The van der Waals surface area contributed by atoms with E-state index >= 15 is 0 Å². The highest BCUT2D eigenvalue weighted by Crippen LogP contribution is 2.17. The summed E-state index contributed by atoms with van der Waals surface area (Å²) >= 11 is 3.13. The van der Waals surface area contributed by atoms with Gasteiger partial charge in [0.25, 0.3) is 5.91 Å². The van der Waals surface area contributed by atoms with Crippen LogP contribution in [0.2, 0.25) is 0 Å². The molecule has 0 atom stereocenters. The first-order valence-electron chi connectivity index (χ1n) is 5.03. The molecule has 0 aromatic heterocycles. The molecule has 0 heterocycles. The summed E-state index contributed by atoms with van der Waals surface area (Å²) in [6.07, 6.45) is 0.206. The monoisotopic (exact) mass is 338 g/mol. The maximum Gasteiger partial charge on any atom is 0.252 e. The van der Waals surface area contributed by atoms with Crippen molar-refractivity contribution in [3.05, 3.63) is 34.1 Å². The summed E-state index contributed by atoms with van der Waals surface area (Å²) in [5, 5.41) is 7.29. The number of nitrogens with two attached hydrogens (primary N) is 1. The van der Waals surface area contributed by atoms with Gasteiger partial charge in [0, 0.05) is 11.0 Å². The third-order valence-electron chi connectivity index (χ3n) is 2.06. The summed E-state index contributed by atoms with van der Waals surface area (Å²) < 4.78 is 34.7. The number of sulfonamides is 1. The summed E-state index contributed by atoms with van der Waals surface area (Å²) in [7, 11) is -3.52. The standard InChI is InChI=1S/C10H12BrFN2O3S/c11-9-3-2-7(12)6-8(9)10(15)14-4-1-5-18(13,16)17/h2-3,6H,1,4-5H2,(H,14,15)(H2,13,16,17). The Labute approximate surface area is 113 Å². The molecule has 0 saturated carbocycles. The van der Waals surface area contributed by atoms with Crippen molar-refractivity contribution in [3.8, 4) is 0 Å². The highest BCUT2D eigenvalue weighted by atomic mass is 79.9. The summed E-state index contributed by atoms with van der Waals surface area (Å²) in [6, 6.07) is 3.75. The number of amides is 1. The Morgan fingerprint density at radius 1 is 1.44 bits per heavy atom. The first kappa shape index (κ1) is 15.1. The van der Waals surface area contributed by atoms with E-state index in [9.17, 15) is 17.6 Å². The third kappa shape index (κ3) is 5.11. The molecule has 8 heteroatoms. The molecule has 100 valence electrons. The largest absolute Gasteiger partial charge is 0.352 e. The molecule has 0 fully saturated rings. The Kier molecular flexibility index (Phi) is 5.24. The molecular weight excluding hydrogens is 327 g/mol. The van der Waals surface area contributed by atoms with E-state index < -0.39 is 21.7 Å². The Morgan fingerprint density at radius 3 is 2.72 bits per heavy atom. The van der Waals surface area contributed by atoms with Gasteiger partial charge in [0.05, 0.1) is 11.3 Å². The van der Waals surface area contributed by atoms with Crippen LogP contribution >= 0.6 is 15.9 Å². The van der Waals surface area contributed by atoms with E-state index in [0.29, 0.717) is 4.47 Å². The number of carbonyl (C=O) groups is 1. The van der Waals surface area contributed by atoms with Gasteiger partial charge in [0.2, 0.25) is 10.0 Å². The SMILES string of the molecule is NS(=O)(=O)CCCNC(=O)c1cc(F)ccc1Br. The topological polar surface area (TPSA) is 89.3 Å². The van der Waals surface area contributed by atoms with Crippen molar-refractivity contribution in [1.29, 1.82) is 0 Å². The van der Waals surface area contributed by atoms with Crippen molar-refractivity contribution in [2.75, 3.05) is 12.3 Å². The van der Waals surface area contributed by atoms with E-state index in [0.717, 1.165) is 6.07 Å². The van der Waals surface area contributed by atoms with E-state index in [2.05, 4.69) is 21.2 Å². The maximum atomic E-state index is 13.0. The highest BCUT2D eigenvalue weighted by molar-refractivity contribution is 9.10. The minimum absolute atomic E-state index is 0.151. The average Bonchev–Trinajstić information content (AvgIpc) is 2.26. The summed E-state index contributed by atoms with van der Waals surface area (Å²) in [6.45, 7) is 0.151. The minimum atomic E-state index is -3.52. The smallest absolute Gasteiger partial charge is 0.252 e. The van der Waals surface area contributed by atoms with Crippen molar-refractivity contribution in [2.24, 2.45) is 5.14 Å². The molecule has 0 saturated heterocycles. The molecule has 0 aliphatic rings. The molecule has 0 radical (unpaired) electrons. The molecule has 5 nitrogen and oxygen atoms in total. The molecule has 0 aliphatic heterocycles. The number of hydrogen-bond acceptors (Lipinski definition) is 3. The zero-order valence-corrected chi connectivity index (χ0v) is 11.7. The number of halogens is 2. The fraction of sp³-hybridized carbons (Fsp3) is 0.300. The maximum absolute atomic E-state index is 13.0.